The third kappa shape index (κ3) is 6.27. The van der Waals surface area contributed by atoms with Crippen molar-refractivity contribution < 1.29 is 0 Å². The summed E-state index contributed by atoms with van der Waals surface area (Å²) in [5.41, 5.74) is 2.81. The third-order valence-corrected chi connectivity index (χ3v) is 9.18. The first kappa shape index (κ1) is 24.0. The second-order valence-corrected chi connectivity index (χ2v) is 11.6. The lowest BCUT2D eigenvalue weighted by Gasteiger charge is -2.37. The van der Waals surface area contributed by atoms with Gasteiger partial charge in [-0.25, -0.2) is 0 Å². The quantitative estimate of drug-likeness (QED) is 0.240. The van der Waals surface area contributed by atoms with E-state index in [1.165, 1.54) is 103 Å². The predicted molar refractivity (Wildman–Crippen MR) is 143 cm³/mol. The number of nitrogens with zero attached hydrogens (tertiary/aromatic N) is 2. The summed E-state index contributed by atoms with van der Waals surface area (Å²) in [6.07, 6.45) is 13.6. The third-order valence-electron chi connectivity index (χ3n) is 6.97. The van der Waals surface area contributed by atoms with Crippen LogP contribution >= 0.6 is 23.5 Å². The van der Waals surface area contributed by atoms with Crippen LogP contribution in [0.1, 0.15) is 71.1 Å². The van der Waals surface area contributed by atoms with Crippen molar-refractivity contribution in [1.82, 2.24) is 4.90 Å². The molecular formula is C28H40N2S2. The molecule has 0 aliphatic carbocycles. The maximum atomic E-state index is 2.61. The molecule has 2 heterocycles. The van der Waals surface area contributed by atoms with Crippen LogP contribution in [-0.2, 0) is 0 Å². The summed E-state index contributed by atoms with van der Waals surface area (Å²) in [5, 5.41) is 0. The first-order valence-electron chi connectivity index (χ1n) is 12.8. The minimum atomic E-state index is 0.721. The lowest BCUT2D eigenvalue weighted by molar-refractivity contribution is 0.178. The Balaban J connectivity index is 1.42. The smallest absolute Gasteiger partial charge is 0.0564 e. The average Bonchev–Trinajstić information content (AvgIpc) is 2.82. The molecule has 4 heteroatoms. The second kappa shape index (κ2) is 12.4. The van der Waals surface area contributed by atoms with Crippen LogP contribution in [0.25, 0.3) is 0 Å². The number of benzene rings is 2. The van der Waals surface area contributed by atoms with E-state index in [1.807, 2.05) is 23.5 Å². The largest absolute Gasteiger partial charge is 0.340 e. The predicted octanol–water partition coefficient (Wildman–Crippen LogP) is 8.62. The van der Waals surface area contributed by atoms with E-state index in [1.54, 1.807) is 0 Å². The van der Waals surface area contributed by atoms with Crippen LogP contribution in [0, 0.1) is 0 Å². The number of likely N-dealkylation sites (tertiary alicyclic amines) is 1. The molecule has 2 aliphatic rings. The van der Waals surface area contributed by atoms with Crippen molar-refractivity contribution in [2.24, 2.45) is 0 Å². The lowest BCUT2D eigenvalue weighted by Crippen LogP contribution is -2.38. The van der Waals surface area contributed by atoms with Gasteiger partial charge in [0.1, 0.15) is 0 Å². The monoisotopic (exact) mass is 468 g/mol. The van der Waals surface area contributed by atoms with E-state index in [4.69, 9.17) is 0 Å². The number of hydrogen-bond acceptors (Lipinski definition) is 4. The lowest BCUT2D eigenvalue weighted by atomic mass is 9.99. The highest BCUT2D eigenvalue weighted by atomic mass is 32.2. The molecule has 0 saturated carbocycles. The second-order valence-electron chi connectivity index (χ2n) is 9.39. The fraction of sp³-hybridized carbons (Fsp3) is 0.571. The van der Waals surface area contributed by atoms with Gasteiger partial charge in [0.05, 0.1) is 11.4 Å². The van der Waals surface area contributed by atoms with Crippen LogP contribution in [0.4, 0.5) is 11.4 Å². The Hall–Kier alpha value is -1.10. The summed E-state index contributed by atoms with van der Waals surface area (Å²) in [7, 11) is 2.31. The molecule has 4 rings (SSSR count). The Bertz CT molecular complexity index is 853. The van der Waals surface area contributed by atoms with Gasteiger partial charge in [-0.05, 0) is 75.4 Å². The highest BCUT2D eigenvalue weighted by Gasteiger charge is 2.26. The summed E-state index contributed by atoms with van der Waals surface area (Å²) in [6.45, 7) is 4.65. The molecule has 1 atom stereocenters. The van der Waals surface area contributed by atoms with Crippen molar-refractivity contribution in [1.29, 1.82) is 0 Å². The molecule has 0 bridgehead atoms. The number of thioether (sulfide) groups is 1. The topological polar surface area (TPSA) is 6.48 Å². The Kier molecular flexibility index (Phi) is 9.31. The minimum absolute atomic E-state index is 0.721. The van der Waals surface area contributed by atoms with E-state index in [0.717, 1.165) is 12.6 Å². The molecule has 32 heavy (non-hydrogen) atoms. The normalized spacial score (nSPS) is 18.4. The Labute approximate surface area is 204 Å². The van der Waals surface area contributed by atoms with Gasteiger partial charge >= 0.3 is 0 Å². The van der Waals surface area contributed by atoms with Crippen LogP contribution in [0.5, 0.6) is 0 Å². The molecule has 1 saturated heterocycles. The zero-order valence-corrected chi connectivity index (χ0v) is 21.7. The van der Waals surface area contributed by atoms with Gasteiger partial charge in [0, 0.05) is 27.3 Å². The summed E-state index contributed by atoms with van der Waals surface area (Å²) in [6, 6.07) is 16.9. The van der Waals surface area contributed by atoms with Gasteiger partial charge in [-0.1, -0.05) is 69.3 Å². The zero-order chi connectivity index (χ0) is 22.2. The minimum Gasteiger partial charge on any atom is -0.340 e. The number of hydrogen-bond donors (Lipinski definition) is 0. The Morgan fingerprint density at radius 3 is 2.62 bits per heavy atom. The van der Waals surface area contributed by atoms with Crippen LogP contribution in [0.2, 0.25) is 0 Å². The van der Waals surface area contributed by atoms with Crippen molar-refractivity contribution in [2.45, 2.75) is 91.9 Å². The fourth-order valence-electron chi connectivity index (χ4n) is 5.00. The first-order valence-corrected chi connectivity index (χ1v) is 14.6. The van der Waals surface area contributed by atoms with Crippen molar-refractivity contribution in [3.63, 3.8) is 0 Å². The molecule has 1 unspecified atom stereocenters. The van der Waals surface area contributed by atoms with Crippen LogP contribution in [-0.4, -0.2) is 36.8 Å². The number of piperidine rings is 1. The van der Waals surface area contributed by atoms with Gasteiger partial charge in [-0.3, -0.25) is 0 Å². The van der Waals surface area contributed by atoms with Gasteiger partial charge in [-0.2, -0.15) is 0 Å². The number of rotatable bonds is 11. The summed E-state index contributed by atoms with van der Waals surface area (Å²) < 4.78 is 0. The number of para-hydroxylation sites is 1. The van der Waals surface area contributed by atoms with Gasteiger partial charge in [0.25, 0.3) is 0 Å². The van der Waals surface area contributed by atoms with Crippen molar-refractivity contribution in [2.75, 3.05) is 30.8 Å². The molecule has 2 nitrogen and oxygen atoms in total. The average molecular weight is 469 g/mol. The van der Waals surface area contributed by atoms with Crippen molar-refractivity contribution in [3.05, 3.63) is 42.5 Å². The van der Waals surface area contributed by atoms with Gasteiger partial charge in [0.15, 0.2) is 0 Å². The molecule has 2 aromatic rings. The zero-order valence-electron chi connectivity index (χ0n) is 20.0. The number of fused-ring (bicyclic) bond motifs is 2. The SMILES string of the molecule is CCCCCCCCSc1ccc2c(c1)N(CCC1CCCCN1C)c1ccccc1S2. The number of unbranched alkanes of at least 4 members (excludes halogenated alkanes) is 5. The summed E-state index contributed by atoms with van der Waals surface area (Å²) >= 11 is 3.98. The molecule has 0 amide bonds. The Morgan fingerprint density at radius 2 is 1.75 bits per heavy atom. The van der Waals surface area contributed by atoms with Crippen molar-refractivity contribution >= 4 is 34.9 Å². The molecule has 0 spiro atoms. The van der Waals surface area contributed by atoms with Gasteiger partial charge in [-0.15, -0.1) is 11.8 Å². The number of anilines is 2. The fourth-order valence-corrected chi connectivity index (χ4v) is 7.02. The molecule has 1 fully saturated rings. The van der Waals surface area contributed by atoms with Crippen LogP contribution in [0.3, 0.4) is 0 Å². The highest BCUT2D eigenvalue weighted by Crippen LogP contribution is 2.49. The molecule has 0 aromatic heterocycles. The first-order chi connectivity index (χ1) is 15.8. The summed E-state index contributed by atoms with van der Waals surface area (Å²) in [5.74, 6) is 1.24. The van der Waals surface area contributed by atoms with E-state index < -0.39 is 0 Å². The van der Waals surface area contributed by atoms with E-state index in [9.17, 15) is 0 Å². The summed E-state index contributed by atoms with van der Waals surface area (Å²) in [4.78, 5) is 9.42. The van der Waals surface area contributed by atoms with Crippen LogP contribution in [0.15, 0.2) is 57.2 Å². The van der Waals surface area contributed by atoms with E-state index >= 15 is 0 Å². The maximum Gasteiger partial charge on any atom is 0.0564 e. The van der Waals surface area contributed by atoms with E-state index in [2.05, 4.69) is 66.2 Å². The van der Waals surface area contributed by atoms with Gasteiger partial charge < -0.3 is 9.80 Å². The molecule has 0 N–H and O–H groups in total. The van der Waals surface area contributed by atoms with E-state index in [0.29, 0.717) is 0 Å². The van der Waals surface area contributed by atoms with Gasteiger partial charge in [0.2, 0.25) is 0 Å². The van der Waals surface area contributed by atoms with Crippen molar-refractivity contribution in [3.8, 4) is 0 Å². The molecule has 174 valence electrons. The molecule has 0 radical (unpaired) electrons. The van der Waals surface area contributed by atoms with E-state index in [-0.39, 0.29) is 0 Å². The maximum absolute atomic E-state index is 2.61. The van der Waals surface area contributed by atoms with Crippen LogP contribution < -0.4 is 4.90 Å². The highest BCUT2D eigenvalue weighted by molar-refractivity contribution is 8.00. The molecule has 2 aromatic carbocycles. The molecule has 2 aliphatic heterocycles. The Morgan fingerprint density at radius 1 is 0.938 bits per heavy atom. The molecular weight excluding hydrogens is 428 g/mol. The standard InChI is InChI=1S/C28H40N2S2/c1-3-4-5-6-7-12-21-31-24-16-17-28-26(22-24)30(25-14-8-9-15-27(25)32-28)20-18-23-13-10-11-19-29(23)2/h8-9,14-17,22-23H,3-7,10-13,18-21H2,1-2H3.